The Kier molecular flexibility index (Phi) is 6.05. The summed E-state index contributed by atoms with van der Waals surface area (Å²) >= 11 is 0. The van der Waals surface area contributed by atoms with Crippen LogP contribution in [-0.4, -0.2) is 42.4 Å². The highest BCUT2D eigenvalue weighted by Crippen LogP contribution is 2.66. The van der Waals surface area contributed by atoms with E-state index < -0.39 is 0 Å². The van der Waals surface area contributed by atoms with Crippen LogP contribution in [0.15, 0.2) is 11.6 Å². The zero-order valence-corrected chi connectivity index (χ0v) is 20.5. The van der Waals surface area contributed by atoms with Gasteiger partial charge in [0.1, 0.15) is 11.9 Å². The summed E-state index contributed by atoms with van der Waals surface area (Å²) in [5.41, 5.74) is 2.04. The molecule has 0 bridgehead atoms. The third kappa shape index (κ3) is 3.79. The number of likely N-dealkylation sites (tertiary alicyclic amines) is 1. The van der Waals surface area contributed by atoms with Gasteiger partial charge in [-0.1, -0.05) is 25.5 Å². The summed E-state index contributed by atoms with van der Waals surface area (Å²) in [6.45, 7) is 9.87. The van der Waals surface area contributed by atoms with Crippen molar-refractivity contribution in [3.8, 4) is 0 Å². The minimum absolute atomic E-state index is 0.00514. The minimum atomic E-state index is -0.00514. The summed E-state index contributed by atoms with van der Waals surface area (Å²) < 4.78 is 5.96. The molecule has 0 aromatic rings. The summed E-state index contributed by atoms with van der Waals surface area (Å²) in [6.07, 6.45) is 14.7. The molecule has 32 heavy (non-hydrogen) atoms. The van der Waals surface area contributed by atoms with Crippen LogP contribution in [0, 0.1) is 34.5 Å². The molecule has 4 heteroatoms. The first-order chi connectivity index (χ1) is 15.3. The number of carbonyl (C=O) groups excluding carboxylic acids is 2. The molecule has 4 nitrogen and oxygen atoms in total. The molecule has 5 rings (SSSR count). The van der Waals surface area contributed by atoms with Gasteiger partial charge in [0.2, 0.25) is 0 Å². The number of allylic oxidation sites excluding steroid dienone is 1. The van der Waals surface area contributed by atoms with E-state index in [0.717, 1.165) is 63.6 Å². The molecule has 0 amide bonds. The van der Waals surface area contributed by atoms with Crippen molar-refractivity contribution < 1.29 is 14.3 Å². The van der Waals surface area contributed by atoms with Crippen molar-refractivity contribution in [1.29, 1.82) is 0 Å². The van der Waals surface area contributed by atoms with Crippen LogP contribution in [0.3, 0.4) is 0 Å². The fourth-order valence-electron chi connectivity index (χ4n) is 8.90. The maximum Gasteiger partial charge on any atom is 0.307 e. The van der Waals surface area contributed by atoms with Gasteiger partial charge in [-0.2, -0.15) is 0 Å². The predicted molar refractivity (Wildman–Crippen MR) is 126 cm³/mol. The van der Waals surface area contributed by atoms with Gasteiger partial charge in [-0.3, -0.25) is 9.59 Å². The van der Waals surface area contributed by atoms with Gasteiger partial charge in [-0.25, -0.2) is 0 Å². The van der Waals surface area contributed by atoms with E-state index in [1.54, 1.807) is 5.57 Å². The Labute approximate surface area is 194 Å². The third-order valence-electron chi connectivity index (χ3n) is 10.7. The van der Waals surface area contributed by atoms with Crippen molar-refractivity contribution in [2.24, 2.45) is 34.5 Å². The van der Waals surface area contributed by atoms with Crippen LogP contribution in [-0.2, 0) is 14.3 Å². The van der Waals surface area contributed by atoms with Crippen LogP contribution in [0.2, 0.25) is 0 Å². The number of ether oxygens (including phenoxy) is 1. The van der Waals surface area contributed by atoms with E-state index in [1.165, 1.54) is 32.1 Å². The molecule has 1 saturated heterocycles. The lowest BCUT2D eigenvalue weighted by Gasteiger charge is -2.58. The molecule has 0 aromatic heterocycles. The summed E-state index contributed by atoms with van der Waals surface area (Å²) in [5, 5.41) is 0. The van der Waals surface area contributed by atoms with Gasteiger partial charge in [0.05, 0.1) is 6.42 Å². The Morgan fingerprint density at radius 3 is 2.59 bits per heavy atom. The van der Waals surface area contributed by atoms with E-state index in [4.69, 9.17) is 4.74 Å². The number of esters is 1. The average molecular weight is 442 g/mol. The van der Waals surface area contributed by atoms with Crippen molar-refractivity contribution in [1.82, 2.24) is 4.90 Å². The van der Waals surface area contributed by atoms with Gasteiger partial charge in [0.25, 0.3) is 0 Å². The van der Waals surface area contributed by atoms with Gasteiger partial charge >= 0.3 is 5.97 Å². The van der Waals surface area contributed by atoms with Gasteiger partial charge in [0.15, 0.2) is 0 Å². The van der Waals surface area contributed by atoms with Gasteiger partial charge < -0.3 is 9.64 Å². The molecule has 1 heterocycles. The molecule has 0 N–H and O–H groups in total. The smallest absolute Gasteiger partial charge is 0.307 e. The molecular formula is C28H43NO3. The van der Waals surface area contributed by atoms with E-state index in [0.29, 0.717) is 18.1 Å². The molecule has 0 radical (unpaired) electrons. The van der Waals surface area contributed by atoms with Gasteiger partial charge in [0, 0.05) is 18.9 Å². The van der Waals surface area contributed by atoms with Crippen LogP contribution >= 0.6 is 0 Å². The largest absolute Gasteiger partial charge is 0.462 e. The van der Waals surface area contributed by atoms with Crippen LogP contribution in [0.25, 0.3) is 0 Å². The van der Waals surface area contributed by atoms with Gasteiger partial charge in [-0.05, 0) is 106 Å². The second-order valence-electron chi connectivity index (χ2n) is 12.2. The quantitative estimate of drug-likeness (QED) is 0.414. The first kappa shape index (κ1) is 22.6. The predicted octanol–water partition coefficient (Wildman–Crippen LogP) is 5.55. The standard InChI is InChI=1S/C28H43NO3/c1-19(30)23-8-9-24-22-7-6-20-18-21(32-26(31)12-17-29-15-4-5-16-29)10-13-27(20,2)25(22)11-14-28(23,24)3/h6,21-25H,4-5,7-18H2,1-3H3/t21?,22-,23+,24-,25-,27-,28+/m0/s1. The number of fused-ring (bicyclic) bond motifs is 5. The molecular weight excluding hydrogens is 398 g/mol. The SMILES string of the molecule is CC(=O)[C@H]1CC[C@H]2[C@@H]3CC=C4CC(OC(=O)CCN5CCCC5)CC[C@]4(C)[C@H]3CC[C@]12C. The lowest BCUT2D eigenvalue weighted by molar-refractivity contribution is -0.152. The Morgan fingerprint density at radius 1 is 1.06 bits per heavy atom. The topological polar surface area (TPSA) is 46.6 Å². The van der Waals surface area contributed by atoms with Crippen molar-refractivity contribution >= 4 is 11.8 Å². The van der Waals surface area contributed by atoms with Crippen molar-refractivity contribution in [3.05, 3.63) is 11.6 Å². The molecule has 3 saturated carbocycles. The monoisotopic (exact) mass is 441 g/mol. The molecule has 4 aliphatic carbocycles. The first-order valence-corrected chi connectivity index (χ1v) is 13.4. The van der Waals surface area contributed by atoms with Gasteiger partial charge in [-0.15, -0.1) is 0 Å². The van der Waals surface area contributed by atoms with E-state index in [1.807, 2.05) is 6.92 Å². The summed E-state index contributed by atoms with van der Waals surface area (Å²) in [4.78, 5) is 27.2. The molecule has 7 atom stereocenters. The maximum absolute atomic E-state index is 12.5. The molecule has 0 aromatic carbocycles. The number of hydrogen-bond donors (Lipinski definition) is 0. The maximum atomic E-state index is 12.5. The highest BCUT2D eigenvalue weighted by Gasteiger charge is 2.59. The fourth-order valence-corrected chi connectivity index (χ4v) is 8.90. The second-order valence-corrected chi connectivity index (χ2v) is 12.2. The first-order valence-electron chi connectivity index (χ1n) is 13.4. The van der Waals surface area contributed by atoms with Crippen molar-refractivity contribution in [2.75, 3.05) is 19.6 Å². The molecule has 1 unspecified atom stereocenters. The summed E-state index contributed by atoms with van der Waals surface area (Å²) in [6, 6.07) is 0. The van der Waals surface area contributed by atoms with Crippen LogP contribution in [0.1, 0.15) is 91.4 Å². The lowest BCUT2D eigenvalue weighted by Crippen LogP contribution is -2.51. The normalized spacial score (nSPS) is 43.7. The molecule has 4 fully saturated rings. The fraction of sp³-hybridized carbons (Fsp3) is 0.857. The number of hydrogen-bond acceptors (Lipinski definition) is 4. The number of ketones is 1. The third-order valence-corrected chi connectivity index (χ3v) is 10.7. The number of rotatable bonds is 5. The number of carbonyl (C=O) groups is 2. The van der Waals surface area contributed by atoms with Crippen LogP contribution in [0.5, 0.6) is 0 Å². The van der Waals surface area contributed by atoms with E-state index in [-0.39, 0.29) is 28.8 Å². The molecule has 1 aliphatic heterocycles. The lowest BCUT2D eigenvalue weighted by atomic mass is 9.47. The zero-order chi connectivity index (χ0) is 22.5. The summed E-state index contributed by atoms with van der Waals surface area (Å²) in [5.74, 6) is 2.85. The molecule has 0 spiro atoms. The highest BCUT2D eigenvalue weighted by atomic mass is 16.5. The molecule has 178 valence electrons. The van der Waals surface area contributed by atoms with E-state index >= 15 is 0 Å². The number of Topliss-reactive ketones (excluding diaryl/α,β-unsaturated/α-hetero) is 1. The Hall–Kier alpha value is -1.16. The van der Waals surface area contributed by atoms with Crippen molar-refractivity contribution in [3.63, 3.8) is 0 Å². The Morgan fingerprint density at radius 2 is 1.84 bits per heavy atom. The average Bonchev–Trinajstić information content (AvgIpc) is 3.39. The van der Waals surface area contributed by atoms with Crippen molar-refractivity contribution in [2.45, 2.75) is 97.5 Å². The van der Waals surface area contributed by atoms with E-state index in [9.17, 15) is 9.59 Å². The Bertz CT molecular complexity index is 784. The summed E-state index contributed by atoms with van der Waals surface area (Å²) in [7, 11) is 0. The van der Waals surface area contributed by atoms with Crippen LogP contribution in [0.4, 0.5) is 0 Å². The van der Waals surface area contributed by atoms with Crippen LogP contribution < -0.4 is 0 Å². The zero-order valence-electron chi connectivity index (χ0n) is 20.5. The number of nitrogens with zero attached hydrogens (tertiary/aromatic N) is 1. The Balaban J connectivity index is 1.23. The second kappa shape index (κ2) is 8.56. The highest BCUT2D eigenvalue weighted by molar-refractivity contribution is 5.79. The van der Waals surface area contributed by atoms with E-state index in [2.05, 4.69) is 24.8 Å². The molecule has 5 aliphatic rings. The minimum Gasteiger partial charge on any atom is -0.462 e.